The number of aromatic nitrogens is 1. The Hall–Kier alpha value is -2.15. The summed E-state index contributed by atoms with van der Waals surface area (Å²) in [5, 5.41) is 3.58. The first-order valence-electron chi connectivity index (χ1n) is 8.26. The number of hydrogen-bond acceptors (Lipinski definition) is 4. The molecule has 0 bridgehead atoms. The van der Waals surface area contributed by atoms with Crippen LogP contribution < -0.4 is 5.32 Å². The minimum atomic E-state index is -1.16. The normalized spacial score (nSPS) is 13.6. The Bertz CT molecular complexity index is 797. The highest BCUT2D eigenvalue weighted by Crippen LogP contribution is 2.18. The molecule has 1 amide bonds. The van der Waals surface area contributed by atoms with Crippen molar-refractivity contribution in [2.24, 2.45) is 5.92 Å². The first-order valence-corrected chi connectivity index (χ1v) is 9.77. The summed E-state index contributed by atoms with van der Waals surface area (Å²) in [6.07, 6.45) is 3.83. The average Bonchev–Trinajstić information content (AvgIpc) is 2.97. The van der Waals surface area contributed by atoms with Crippen molar-refractivity contribution < 1.29 is 18.5 Å². The number of benzene rings is 1. The van der Waals surface area contributed by atoms with Crippen molar-refractivity contribution in [2.45, 2.75) is 33.2 Å². The minimum absolute atomic E-state index is 0.241. The van der Waals surface area contributed by atoms with E-state index in [2.05, 4.69) is 5.32 Å². The molecule has 7 heteroatoms. The third-order valence-corrected chi connectivity index (χ3v) is 4.65. The van der Waals surface area contributed by atoms with E-state index >= 15 is 0 Å². The predicted octanol–water partition coefficient (Wildman–Crippen LogP) is 2.49. The van der Waals surface area contributed by atoms with Crippen LogP contribution in [0.1, 0.15) is 37.6 Å². The molecule has 1 heterocycles. The van der Waals surface area contributed by atoms with Crippen LogP contribution in [-0.2, 0) is 20.5 Å². The van der Waals surface area contributed by atoms with E-state index < -0.39 is 23.0 Å². The number of carbonyl (C=O) groups excluding carboxylic acids is 2. The van der Waals surface area contributed by atoms with Crippen LogP contribution in [0.2, 0.25) is 0 Å². The zero-order chi connectivity index (χ0) is 18.6. The first kappa shape index (κ1) is 19.2. The zero-order valence-electron chi connectivity index (χ0n) is 14.9. The molecule has 0 spiro atoms. The Morgan fingerprint density at radius 3 is 2.60 bits per heavy atom. The second-order valence-corrected chi connectivity index (χ2v) is 7.49. The zero-order valence-corrected chi connectivity index (χ0v) is 15.8. The lowest BCUT2D eigenvalue weighted by atomic mass is 10.0. The highest BCUT2D eigenvalue weighted by molar-refractivity contribution is 7.82. The number of amides is 1. The second-order valence-electron chi connectivity index (χ2n) is 6.25. The van der Waals surface area contributed by atoms with Crippen molar-refractivity contribution in [3.05, 3.63) is 36.0 Å². The lowest BCUT2D eigenvalue weighted by Crippen LogP contribution is -2.42. The average molecular weight is 364 g/mol. The highest BCUT2D eigenvalue weighted by Gasteiger charge is 2.23. The van der Waals surface area contributed by atoms with E-state index in [1.165, 1.54) is 0 Å². The number of ether oxygens (including phenoxy) is 1. The minimum Gasteiger partial charge on any atom is -0.464 e. The molecule has 25 heavy (non-hydrogen) atoms. The summed E-state index contributed by atoms with van der Waals surface area (Å²) in [6, 6.07) is 6.29. The van der Waals surface area contributed by atoms with Gasteiger partial charge in [-0.15, -0.1) is 0 Å². The van der Waals surface area contributed by atoms with Crippen molar-refractivity contribution >= 4 is 33.8 Å². The number of esters is 1. The largest absolute Gasteiger partial charge is 0.464 e. The van der Waals surface area contributed by atoms with Crippen molar-refractivity contribution in [1.82, 2.24) is 9.29 Å². The topological polar surface area (TPSA) is 77.4 Å². The molecular formula is C18H24N2O4S. The molecule has 136 valence electrons. The van der Waals surface area contributed by atoms with Gasteiger partial charge in [0.25, 0.3) is 5.91 Å². The van der Waals surface area contributed by atoms with E-state index in [9.17, 15) is 13.8 Å². The molecule has 0 fully saturated rings. The van der Waals surface area contributed by atoms with Crippen LogP contribution in [0.5, 0.6) is 0 Å². The fourth-order valence-electron chi connectivity index (χ4n) is 2.65. The fraction of sp³-hybridized carbons (Fsp3) is 0.444. The Labute approximate surface area is 150 Å². The molecule has 0 aliphatic heterocycles. The van der Waals surface area contributed by atoms with Gasteiger partial charge >= 0.3 is 5.97 Å². The van der Waals surface area contributed by atoms with Gasteiger partial charge in [-0.25, -0.2) is 9.00 Å². The molecule has 1 N–H and O–H groups in total. The molecule has 0 saturated heterocycles. The molecule has 0 radical (unpaired) electrons. The summed E-state index contributed by atoms with van der Waals surface area (Å²) in [4.78, 5) is 24.6. The molecule has 2 aromatic rings. The van der Waals surface area contributed by atoms with E-state index in [1.54, 1.807) is 41.5 Å². The van der Waals surface area contributed by atoms with Crippen LogP contribution in [0, 0.1) is 5.92 Å². The van der Waals surface area contributed by atoms with Gasteiger partial charge in [0.15, 0.2) is 0 Å². The lowest BCUT2D eigenvalue weighted by molar-refractivity contribution is -0.145. The third kappa shape index (κ3) is 4.69. The fourth-order valence-corrected chi connectivity index (χ4v) is 3.33. The SMILES string of the molecule is CCOC(=O)C(CC(C)C)NC(=O)c1ccc2c(ccn2S(C)=O)c1. The third-order valence-electron chi connectivity index (χ3n) is 3.78. The van der Waals surface area contributed by atoms with Gasteiger partial charge in [0.05, 0.1) is 12.1 Å². The van der Waals surface area contributed by atoms with Crippen molar-refractivity contribution in [2.75, 3.05) is 12.9 Å². The molecular weight excluding hydrogens is 340 g/mol. The molecule has 1 aromatic heterocycles. The summed E-state index contributed by atoms with van der Waals surface area (Å²) in [6.45, 7) is 5.98. The number of rotatable bonds is 7. The summed E-state index contributed by atoms with van der Waals surface area (Å²) < 4.78 is 18.4. The number of hydrogen-bond donors (Lipinski definition) is 1. The van der Waals surface area contributed by atoms with Gasteiger partial charge in [-0.05, 0) is 43.5 Å². The molecule has 1 aromatic carbocycles. The van der Waals surface area contributed by atoms with Gasteiger partial charge in [-0.1, -0.05) is 13.8 Å². The maximum Gasteiger partial charge on any atom is 0.328 e. The summed E-state index contributed by atoms with van der Waals surface area (Å²) in [5.74, 6) is -0.505. The van der Waals surface area contributed by atoms with Crippen LogP contribution in [0.4, 0.5) is 0 Å². The van der Waals surface area contributed by atoms with Gasteiger partial charge in [-0.2, -0.15) is 0 Å². The van der Waals surface area contributed by atoms with Crippen molar-refractivity contribution in [1.29, 1.82) is 0 Å². The van der Waals surface area contributed by atoms with Gasteiger partial charge in [0, 0.05) is 23.4 Å². The maximum absolute atomic E-state index is 12.5. The molecule has 2 rings (SSSR count). The Kier molecular flexibility index (Phi) is 6.36. The summed E-state index contributed by atoms with van der Waals surface area (Å²) in [7, 11) is -1.16. The van der Waals surface area contributed by atoms with Crippen LogP contribution in [0.25, 0.3) is 10.9 Å². The van der Waals surface area contributed by atoms with Crippen molar-refractivity contribution in [3.63, 3.8) is 0 Å². The lowest BCUT2D eigenvalue weighted by Gasteiger charge is -2.19. The Morgan fingerprint density at radius 1 is 1.28 bits per heavy atom. The number of nitrogens with zero attached hydrogens (tertiary/aromatic N) is 1. The van der Waals surface area contributed by atoms with Gasteiger partial charge in [-0.3, -0.25) is 8.77 Å². The van der Waals surface area contributed by atoms with E-state index in [1.807, 2.05) is 19.9 Å². The molecule has 2 atom stereocenters. The number of carbonyl (C=O) groups is 2. The molecule has 2 unspecified atom stereocenters. The van der Waals surface area contributed by atoms with Gasteiger partial charge in [0.2, 0.25) is 0 Å². The standard InChI is InChI=1S/C18H24N2O4S/c1-5-24-18(22)15(10-12(2)3)19-17(21)14-6-7-16-13(11-14)8-9-20(16)25(4)23/h6-9,11-12,15H,5,10H2,1-4H3,(H,19,21). The smallest absolute Gasteiger partial charge is 0.328 e. The van der Waals surface area contributed by atoms with Crippen LogP contribution in [0.15, 0.2) is 30.5 Å². The molecule has 0 aliphatic carbocycles. The van der Waals surface area contributed by atoms with E-state index in [0.29, 0.717) is 12.0 Å². The molecule has 6 nitrogen and oxygen atoms in total. The van der Waals surface area contributed by atoms with E-state index in [4.69, 9.17) is 4.74 Å². The predicted molar refractivity (Wildman–Crippen MR) is 98.7 cm³/mol. The van der Waals surface area contributed by atoms with Crippen LogP contribution in [-0.4, -0.2) is 39.0 Å². The summed E-state index contributed by atoms with van der Waals surface area (Å²) >= 11 is 0. The van der Waals surface area contributed by atoms with E-state index in [0.717, 1.165) is 10.9 Å². The van der Waals surface area contributed by atoms with Crippen molar-refractivity contribution in [3.8, 4) is 0 Å². The van der Waals surface area contributed by atoms with Crippen LogP contribution in [0.3, 0.4) is 0 Å². The second kappa shape index (κ2) is 8.29. The highest BCUT2D eigenvalue weighted by atomic mass is 32.2. The molecule has 0 saturated carbocycles. The van der Waals surface area contributed by atoms with E-state index in [-0.39, 0.29) is 18.4 Å². The number of nitrogens with one attached hydrogen (secondary N) is 1. The van der Waals surface area contributed by atoms with Gasteiger partial charge in [0.1, 0.15) is 17.0 Å². The maximum atomic E-state index is 12.5. The Morgan fingerprint density at radius 2 is 2.00 bits per heavy atom. The monoisotopic (exact) mass is 364 g/mol. The van der Waals surface area contributed by atoms with Crippen LogP contribution >= 0.6 is 0 Å². The van der Waals surface area contributed by atoms with Gasteiger partial charge < -0.3 is 10.1 Å². The number of fused-ring (bicyclic) bond motifs is 1. The first-order chi connectivity index (χ1) is 11.8. The Balaban J connectivity index is 2.21. The molecule has 0 aliphatic rings. The quantitative estimate of drug-likeness (QED) is 0.766. The summed E-state index contributed by atoms with van der Waals surface area (Å²) in [5.41, 5.74) is 1.24.